The summed E-state index contributed by atoms with van der Waals surface area (Å²) in [4.78, 5) is 2.36. The lowest BCUT2D eigenvalue weighted by Crippen LogP contribution is -2.40. The molecule has 106 valence electrons. The first-order valence-corrected chi connectivity index (χ1v) is 6.54. The van der Waals surface area contributed by atoms with Gasteiger partial charge in [-0.25, -0.2) is 0 Å². The lowest BCUT2D eigenvalue weighted by atomic mass is 9.98. The molecule has 1 aromatic carbocycles. The summed E-state index contributed by atoms with van der Waals surface area (Å²) in [6.07, 6.45) is 4.42. The van der Waals surface area contributed by atoms with E-state index < -0.39 is 0 Å². The van der Waals surface area contributed by atoms with Crippen LogP contribution in [-0.4, -0.2) is 30.1 Å². The van der Waals surface area contributed by atoms with Crippen LogP contribution in [0.1, 0.15) is 31.2 Å². The largest absolute Gasteiger partial charge is 0.396 e. The maximum absolute atomic E-state index is 9.13. The number of nitrogens with one attached hydrogen (secondary N) is 1. The van der Waals surface area contributed by atoms with Crippen molar-refractivity contribution in [3.63, 3.8) is 0 Å². The van der Waals surface area contributed by atoms with Crippen molar-refractivity contribution in [3.05, 3.63) is 29.8 Å². The topological polar surface area (TPSA) is 73.3 Å². The highest BCUT2D eigenvalue weighted by Gasteiger charge is 2.21. The van der Waals surface area contributed by atoms with E-state index in [-0.39, 0.29) is 24.8 Å². The number of nitrogen functional groups attached to an aromatic ring is 1. The highest BCUT2D eigenvalue weighted by molar-refractivity contribution is 5.95. The number of aliphatic hydroxyl groups is 1. The molecular weight excluding hydrogens is 262 g/mol. The molecule has 0 aromatic heterocycles. The lowest BCUT2D eigenvalue weighted by Gasteiger charge is -2.37. The smallest absolute Gasteiger partial charge is 0.122 e. The highest BCUT2D eigenvalue weighted by atomic mass is 35.5. The second-order valence-corrected chi connectivity index (χ2v) is 4.82. The second-order valence-electron chi connectivity index (χ2n) is 4.82. The van der Waals surface area contributed by atoms with Crippen molar-refractivity contribution >= 4 is 23.9 Å². The van der Waals surface area contributed by atoms with Crippen molar-refractivity contribution in [1.29, 1.82) is 5.41 Å². The van der Waals surface area contributed by atoms with Crippen LogP contribution >= 0.6 is 12.4 Å². The first-order chi connectivity index (χ1) is 8.72. The number of anilines is 1. The first-order valence-electron chi connectivity index (χ1n) is 6.54. The number of nitrogens with zero attached hydrogens (tertiary/aromatic N) is 1. The summed E-state index contributed by atoms with van der Waals surface area (Å²) >= 11 is 0. The van der Waals surface area contributed by atoms with Crippen molar-refractivity contribution in [3.8, 4) is 0 Å². The fourth-order valence-electron chi connectivity index (χ4n) is 2.62. The molecule has 1 aliphatic heterocycles. The Balaban J connectivity index is 0.00000180. The Morgan fingerprint density at radius 1 is 1.32 bits per heavy atom. The van der Waals surface area contributed by atoms with E-state index in [1.165, 1.54) is 12.8 Å². The van der Waals surface area contributed by atoms with Gasteiger partial charge in [-0.2, -0.15) is 0 Å². The van der Waals surface area contributed by atoms with Crippen LogP contribution in [0.15, 0.2) is 24.3 Å². The molecule has 0 bridgehead atoms. The molecule has 0 saturated carbocycles. The molecule has 0 spiro atoms. The maximum Gasteiger partial charge on any atom is 0.122 e. The van der Waals surface area contributed by atoms with Crippen molar-refractivity contribution in [2.75, 3.05) is 18.1 Å². The monoisotopic (exact) mass is 283 g/mol. The normalized spacial score (nSPS) is 18.8. The van der Waals surface area contributed by atoms with Crippen LogP contribution < -0.4 is 10.6 Å². The molecule has 1 saturated heterocycles. The van der Waals surface area contributed by atoms with E-state index in [1.54, 1.807) is 0 Å². The predicted octanol–water partition coefficient (Wildman–Crippen LogP) is 2.13. The third kappa shape index (κ3) is 3.85. The number of hydrogen-bond acceptors (Lipinski definition) is 3. The van der Waals surface area contributed by atoms with Gasteiger partial charge in [-0.1, -0.05) is 0 Å². The van der Waals surface area contributed by atoms with Crippen molar-refractivity contribution < 1.29 is 5.11 Å². The van der Waals surface area contributed by atoms with Gasteiger partial charge >= 0.3 is 0 Å². The molecule has 1 unspecified atom stereocenters. The zero-order valence-corrected chi connectivity index (χ0v) is 11.8. The first kappa shape index (κ1) is 15.8. The van der Waals surface area contributed by atoms with Crippen LogP contribution in [0.25, 0.3) is 0 Å². The molecule has 1 aliphatic rings. The number of rotatable bonds is 4. The van der Waals surface area contributed by atoms with Crippen LogP contribution in [0.5, 0.6) is 0 Å². The number of nitrogens with two attached hydrogens (primary N) is 1. The van der Waals surface area contributed by atoms with E-state index in [2.05, 4.69) is 4.90 Å². The van der Waals surface area contributed by atoms with E-state index in [0.717, 1.165) is 30.6 Å². The Morgan fingerprint density at radius 3 is 2.58 bits per heavy atom. The molecule has 4 N–H and O–H groups in total. The SMILES string of the molecule is Cl.N=C(N)c1ccc(N2CCCCC2CCO)cc1. The minimum atomic E-state index is 0. The summed E-state index contributed by atoms with van der Waals surface area (Å²) in [7, 11) is 0. The van der Waals surface area contributed by atoms with E-state index in [9.17, 15) is 0 Å². The minimum absolute atomic E-state index is 0. The van der Waals surface area contributed by atoms with Gasteiger partial charge < -0.3 is 15.7 Å². The van der Waals surface area contributed by atoms with Gasteiger partial charge in [0.1, 0.15) is 5.84 Å². The van der Waals surface area contributed by atoms with Crippen molar-refractivity contribution in [2.45, 2.75) is 31.7 Å². The Kier molecular flexibility index (Phi) is 6.12. The third-order valence-corrected chi connectivity index (χ3v) is 3.60. The Labute approximate surface area is 120 Å². The molecular formula is C14H22ClN3O. The molecule has 19 heavy (non-hydrogen) atoms. The highest BCUT2D eigenvalue weighted by Crippen LogP contribution is 2.26. The van der Waals surface area contributed by atoms with Crippen LogP contribution in [0.4, 0.5) is 5.69 Å². The number of aliphatic hydroxyl groups excluding tert-OH is 1. The Bertz CT molecular complexity index is 406. The zero-order valence-electron chi connectivity index (χ0n) is 11.0. The Hall–Kier alpha value is -1.26. The fourth-order valence-corrected chi connectivity index (χ4v) is 2.62. The summed E-state index contributed by atoms with van der Waals surface area (Å²) in [6.45, 7) is 1.29. The third-order valence-electron chi connectivity index (χ3n) is 3.60. The molecule has 1 heterocycles. The summed E-state index contributed by atoms with van der Waals surface area (Å²) in [5, 5.41) is 16.5. The quantitative estimate of drug-likeness (QED) is 0.585. The second kappa shape index (κ2) is 7.36. The lowest BCUT2D eigenvalue weighted by molar-refractivity contribution is 0.262. The van der Waals surface area contributed by atoms with E-state index in [1.807, 2.05) is 24.3 Å². The van der Waals surface area contributed by atoms with Gasteiger partial charge in [-0.05, 0) is 49.9 Å². The molecule has 0 radical (unpaired) electrons. The van der Waals surface area contributed by atoms with Gasteiger partial charge in [0.25, 0.3) is 0 Å². The zero-order chi connectivity index (χ0) is 13.0. The summed E-state index contributed by atoms with van der Waals surface area (Å²) < 4.78 is 0. The average molecular weight is 284 g/mol. The van der Waals surface area contributed by atoms with Crippen LogP contribution in [0, 0.1) is 5.41 Å². The molecule has 1 atom stereocenters. The van der Waals surface area contributed by atoms with Gasteiger partial charge in [0.15, 0.2) is 0 Å². The predicted molar refractivity (Wildman–Crippen MR) is 81.4 cm³/mol. The van der Waals surface area contributed by atoms with E-state index in [4.69, 9.17) is 16.2 Å². The number of benzene rings is 1. The molecule has 0 amide bonds. The van der Waals surface area contributed by atoms with Crippen LogP contribution in [0.3, 0.4) is 0 Å². The summed E-state index contributed by atoms with van der Waals surface area (Å²) in [6, 6.07) is 8.26. The summed E-state index contributed by atoms with van der Waals surface area (Å²) in [5.74, 6) is 0.104. The maximum atomic E-state index is 9.13. The molecule has 2 rings (SSSR count). The van der Waals surface area contributed by atoms with Gasteiger partial charge in [-0.15, -0.1) is 12.4 Å². The molecule has 1 aromatic rings. The van der Waals surface area contributed by atoms with Crippen LogP contribution in [0.2, 0.25) is 0 Å². The van der Waals surface area contributed by atoms with Crippen LogP contribution in [-0.2, 0) is 0 Å². The summed E-state index contributed by atoms with van der Waals surface area (Å²) in [5.41, 5.74) is 7.38. The number of amidine groups is 1. The molecule has 0 aliphatic carbocycles. The van der Waals surface area contributed by atoms with Crippen molar-refractivity contribution in [2.24, 2.45) is 5.73 Å². The average Bonchev–Trinajstić information content (AvgIpc) is 2.40. The number of halogens is 1. The molecule has 4 nitrogen and oxygen atoms in total. The van der Waals surface area contributed by atoms with Crippen molar-refractivity contribution in [1.82, 2.24) is 0 Å². The van der Waals surface area contributed by atoms with Gasteiger partial charge in [0.05, 0.1) is 0 Å². The number of hydrogen-bond donors (Lipinski definition) is 3. The Morgan fingerprint density at radius 2 is 2.00 bits per heavy atom. The van der Waals surface area contributed by atoms with E-state index in [0.29, 0.717) is 6.04 Å². The minimum Gasteiger partial charge on any atom is -0.396 e. The van der Waals surface area contributed by atoms with Gasteiger partial charge in [0.2, 0.25) is 0 Å². The number of piperidine rings is 1. The van der Waals surface area contributed by atoms with E-state index >= 15 is 0 Å². The fraction of sp³-hybridized carbons (Fsp3) is 0.500. The van der Waals surface area contributed by atoms with Gasteiger partial charge in [-0.3, -0.25) is 5.41 Å². The van der Waals surface area contributed by atoms with Gasteiger partial charge in [0, 0.05) is 30.4 Å². The molecule has 5 heteroatoms. The standard InChI is InChI=1S/C14H21N3O.ClH/c15-14(16)11-4-6-13(7-5-11)17-9-2-1-3-12(17)8-10-18;/h4-7,12,18H,1-3,8-10H2,(H3,15,16);1H. The molecule has 1 fully saturated rings.